The van der Waals surface area contributed by atoms with Gasteiger partial charge in [0.15, 0.2) is 0 Å². The topological polar surface area (TPSA) is 75.2 Å². The van der Waals surface area contributed by atoms with E-state index >= 15 is 0 Å². The molecule has 30 heavy (non-hydrogen) atoms. The van der Waals surface area contributed by atoms with Gasteiger partial charge in [-0.1, -0.05) is 41.1 Å². The Balaban J connectivity index is 1.28. The van der Waals surface area contributed by atoms with Crippen LogP contribution in [0.15, 0.2) is 59.5 Å². The Labute approximate surface area is 187 Å². The highest BCUT2D eigenvalue weighted by molar-refractivity contribution is 7.99. The fourth-order valence-electron chi connectivity index (χ4n) is 3.15. The van der Waals surface area contributed by atoms with Gasteiger partial charge in [-0.2, -0.15) is 0 Å². The number of nitrogens with one attached hydrogen (secondary N) is 1. The minimum absolute atomic E-state index is 0.0127. The lowest BCUT2D eigenvalue weighted by Gasteiger charge is -2.15. The summed E-state index contributed by atoms with van der Waals surface area (Å²) in [5, 5.41) is 13.0. The molecule has 0 bridgehead atoms. The van der Waals surface area contributed by atoms with E-state index in [4.69, 9.17) is 11.6 Å². The van der Waals surface area contributed by atoms with Crippen molar-refractivity contribution in [1.29, 1.82) is 0 Å². The molecule has 9 heteroatoms. The quantitative estimate of drug-likeness (QED) is 0.513. The molecule has 1 aromatic heterocycles. The van der Waals surface area contributed by atoms with Crippen molar-refractivity contribution in [1.82, 2.24) is 10.2 Å². The van der Waals surface area contributed by atoms with E-state index in [1.165, 1.54) is 11.3 Å². The molecule has 154 valence electrons. The highest BCUT2D eigenvalue weighted by Gasteiger charge is 2.33. The van der Waals surface area contributed by atoms with Gasteiger partial charge < -0.3 is 10.2 Å². The largest absolute Gasteiger partial charge is 0.312 e. The Morgan fingerprint density at radius 3 is 2.70 bits per heavy atom. The zero-order valence-electron chi connectivity index (χ0n) is 16.0. The molecule has 1 unspecified atom stereocenters. The number of amides is 2. The molecule has 1 aliphatic heterocycles. The van der Waals surface area contributed by atoms with Gasteiger partial charge in [0.05, 0.1) is 0 Å². The van der Waals surface area contributed by atoms with Crippen molar-refractivity contribution in [3.63, 3.8) is 0 Å². The van der Waals surface area contributed by atoms with Gasteiger partial charge in [0.1, 0.15) is 5.01 Å². The number of rotatable bonds is 7. The summed E-state index contributed by atoms with van der Waals surface area (Å²) in [5.41, 5.74) is 0.890. The van der Waals surface area contributed by atoms with Gasteiger partial charge in [-0.05, 0) is 36.4 Å². The van der Waals surface area contributed by atoms with Crippen LogP contribution in [0.5, 0.6) is 0 Å². The Morgan fingerprint density at radius 1 is 1.17 bits per heavy atom. The first-order valence-corrected chi connectivity index (χ1v) is 11.6. The predicted octanol–water partition coefficient (Wildman–Crippen LogP) is 4.83. The fraction of sp³-hybridized carbons (Fsp3) is 0.238. The van der Waals surface area contributed by atoms with Crippen LogP contribution >= 0.6 is 34.7 Å². The zero-order valence-corrected chi connectivity index (χ0v) is 18.3. The van der Waals surface area contributed by atoms with Gasteiger partial charge in [-0.3, -0.25) is 9.59 Å². The monoisotopic (exact) mass is 458 g/mol. The third-order valence-electron chi connectivity index (χ3n) is 4.64. The molecule has 0 saturated carbocycles. The second-order valence-corrected chi connectivity index (χ2v) is 9.40. The van der Waals surface area contributed by atoms with Crippen molar-refractivity contribution in [2.75, 3.05) is 22.5 Å². The molecule has 1 N–H and O–H groups in total. The third kappa shape index (κ3) is 5.19. The average Bonchev–Trinajstić information content (AvgIpc) is 3.36. The number of nitrogens with zero attached hydrogens (tertiary/aromatic N) is 3. The van der Waals surface area contributed by atoms with E-state index in [1.807, 2.05) is 54.6 Å². The van der Waals surface area contributed by atoms with Crippen LogP contribution in [0.25, 0.3) is 0 Å². The number of anilines is 2. The Morgan fingerprint density at radius 2 is 1.93 bits per heavy atom. The van der Waals surface area contributed by atoms with Gasteiger partial charge in [-0.25, -0.2) is 0 Å². The van der Waals surface area contributed by atoms with Crippen molar-refractivity contribution < 1.29 is 9.59 Å². The minimum atomic E-state index is -0.104. The maximum Gasteiger partial charge on any atom is 0.227 e. The molecular formula is C21H19ClN4O2S2. The first-order chi connectivity index (χ1) is 14.6. The van der Waals surface area contributed by atoms with Crippen LogP contribution in [-0.4, -0.2) is 34.3 Å². The van der Waals surface area contributed by atoms with Gasteiger partial charge in [-0.15, -0.1) is 22.0 Å². The molecule has 0 spiro atoms. The fourth-order valence-corrected chi connectivity index (χ4v) is 4.98. The minimum Gasteiger partial charge on any atom is -0.312 e. The second-order valence-electron chi connectivity index (χ2n) is 6.79. The van der Waals surface area contributed by atoms with Crippen LogP contribution in [0.3, 0.4) is 0 Å². The highest BCUT2D eigenvalue weighted by atomic mass is 35.5. The van der Waals surface area contributed by atoms with Crippen LogP contribution in [-0.2, 0) is 9.59 Å². The van der Waals surface area contributed by atoms with Crippen LogP contribution in [0, 0.1) is 0 Å². The lowest BCUT2D eigenvalue weighted by atomic mass is 10.1. The molecule has 2 aromatic carbocycles. The number of halogens is 1. The molecule has 1 fully saturated rings. The van der Waals surface area contributed by atoms with Crippen molar-refractivity contribution >= 4 is 57.3 Å². The summed E-state index contributed by atoms with van der Waals surface area (Å²) < 4.78 is 0. The molecule has 4 rings (SSSR count). The Bertz CT molecular complexity index is 1030. The van der Waals surface area contributed by atoms with E-state index in [2.05, 4.69) is 15.5 Å². The first-order valence-electron chi connectivity index (χ1n) is 9.45. The van der Waals surface area contributed by atoms with E-state index in [0.29, 0.717) is 35.3 Å². The second kappa shape index (κ2) is 9.59. The number of benzene rings is 2. The number of thioether (sulfide) groups is 1. The number of hydrogen-bond donors (Lipinski definition) is 1. The molecule has 0 aliphatic carbocycles. The summed E-state index contributed by atoms with van der Waals surface area (Å²) in [6.45, 7) is 0.573. The van der Waals surface area contributed by atoms with E-state index in [9.17, 15) is 9.59 Å². The molecule has 1 atom stereocenters. The van der Waals surface area contributed by atoms with Crippen LogP contribution in [0.1, 0.15) is 23.8 Å². The SMILES string of the molecule is O=C(CCSc1ccc(Cl)cc1)Nc1nnc(C2CC(=O)N(c3ccccc3)C2)s1. The van der Waals surface area contributed by atoms with Crippen molar-refractivity contribution in [2.45, 2.75) is 23.7 Å². The summed E-state index contributed by atoms with van der Waals surface area (Å²) >= 11 is 8.81. The van der Waals surface area contributed by atoms with Gasteiger partial charge in [0, 0.05) is 46.7 Å². The molecule has 1 aliphatic rings. The van der Waals surface area contributed by atoms with Crippen molar-refractivity contribution in [3.8, 4) is 0 Å². The average molecular weight is 459 g/mol. The summed E-state index contributed by atoms with van der Waals surface area (Å²) in [6, 6.07) is 17.1. The Kier molecular flexibility index (Phi) is 6.66. The molecule has 0 radical (unpaired) electrons. The van der Waals surface area contributed by atoms with Crippen LogP contribution in [0.2, 0.25) is 5.02 Å². The molecule has 2 amide bonds. The number of para-hydroxylation sites is 1. The standard InChI is InChI=1S/C21H19ClN4O2S2/c22-15-6-8-17(9-7-15)29-11-10-18(27)23-21-25-24-20(30-21)14-12-19(28)26(13-14)16-4-2-1-3-5-16/h1-9,14H,10-13H2,(H,23,25,27). The summed E-state index contributed by atoms with van der Waals surface area (Å²) in [4.78, 5) is 27.5. The number of aromatic nitrogens is 2. The Hall–Kier alpha value is -2.42. The molecule has 6 nitrogen and oxygen atoms in total. The number of carbonyl (C=O) groups is 2. The summed E-state index contributed by atoms with van der Waals surface area (Å²) in [6.07, 6.45) is 0.765. The molecule has 3 aromatic rings. The van der Waals surface area contributed by atoms with E-state index < -0.39 is 0 Å². The number of carbonyl (C=O) groups excluding carboxylic acids is 2. The van der Waals surface area contributed by atoms with Gasteiger partial charge >= 0.3 is 0 Å². The van der Waals surface area contributed by atoms with Crippen LogP contribution in [0.4, 0.5) is 10.8 Å². The van der Waals surface area contributed by atoms with E-state index in [-0.39, 0.29) is 17.7 Å². The summed E-state index contributed by atoms with van der Waals surface area (Å²) in [7, 11) is 0. The number of hydrogen-bond acceptors (Lipinski definition) is 6. The zero-order chi connectivity index (χ0) is 20.9. The lowest BCUT2D eigenvalue weighted by Crippen LogP contribution is -2.24. The van der Waals surface area contributed by atoms with E-state index in [1.54, 1.807) is 16.7 Å². The predicted molar refractivity (Wildman–Crippen MR) is 121 cm³/mol. The maximum absolute atomic E-state index is 12.4. The first kappa shape index (κ1) is 20.8. The molecular weight excluding hydrogens is 440 g/mol. The van der Waals surface area contributed by atoms with Gasteiger partial charge in [0.25, 0.3) is 0 Å². The smallest absolute Gasteiger partial charge is 0.227 e. The normalized spacial score (nSPS) is 16.1. The van der Waals surface area contributed by atoms with E-state index in [0.717, 1.165) is 15.6 Å². The molecule has 2 heterocycles. The van der Waals surface area contributed by atoms with Gasteiger partial charge in [0.2, 0.25) is 16.9 Å². The van der Waals surface area contributed by atoms with Crippen LogP contribution < -0.4 is 10.2 Å². The molecule has 1 saturated heterocycles. The lowest BCUT2D eigenvalue weighted by molar-refractivity contribution is -0.117. The maximum atomic E-state index is 12.4. The third-order valence-corrected chi connectivity index (χ3v) is 6.91. The summed E-state index contributed by atoms with van der Waals surface area (Å²) in [5.74, 6) is 0.613. The van der Waals surface area contributed by atoms with Crippen molar-refractivity contribution in [3.05, 3.63) is 64.6 Å². The highest BCUT2D eigenvalue weighted by Crippen LogP contribution is 2.34. The van der Waals surface area contributed by atoms with Crippen molar-refractivity contribution in [2.24, 2.45) is 0 Å².